The van der Waals surface area contributed by atoms with Crippen LogP contribution in [0.1, 0.15) is 106 Å². The number of aliphatic carboxylic acids is 1. The number of aliphatic hydroxyl groups is 1. The van der Waals surface area contributed by atoms with Crippen LogP contribution in [0.15, 0.2) is 11.6 Å². The molecule has 0 bridgehead atoms. The summed E-state index contributed by atoms with van der Waals surface area (Å²) >= 11 is 0. The molecule has 5 rings (SSSR count). The number of hydrogen-bond acceptors (Lipinski definition) is 2. The van der Waals surface area contributed by atoms with E-state index in [0.29, 0.717) is 23.7 Å². The Balaban J connectivity index is 1.61. The molecule has 4 saturated carbocycles. The number of carboxylic acids is 1. The van der Waals surface area contributed by atoms with Crippen molar-refractivity contribution in [3.8, 4) is 0 Å². The minimum Gasteiger partial charge on any atom is -0.481 e. The highest BCUT2D eigenvalue weighted by Crippen LogP contribution is 2.75. The Hall–Kier alpha value is -0.830. The van der Waals surface area contributed by atoms with Crippen molar-refractivity contribution in [2.75, 3.05) is 0 Å². The topological polar surface area (TPSA) is 57.5 Å². The number of fused-ring (bicyclic) bond motifs is 7. The van der Waals surface area contributed by atoms with Gasteiger partial charge in [0.25, 0.3) is 0 Å². The number of carbonyl (C=O) groups is 1. The summed E-state index contributed by atoms with van der Waals surface area (Å²) in [5, 5.41) is 21.4. The van der Waals surface area contributed by atoms with E-state index in [1.54, 1.807) is 0 Å². The van der Waals surface area contributed by atoms with Gasteiger partial charge in [0, 0.05) is 0 Å². The van der Waals surface area contributed by atoms with Gasteiger partial charge in [0.2, 0.25) is 0 Å². The fourth-order valence-electron chi connectivity index (χ4n) is 10.8. The molecule has 0 spiro atoms. The first-order valence-electron chi connectivity index (χ1n) is 13.9. The van der Waals surface area contributed by atoms with Gasteiger partial charge in [-0.05, 0) is 109 Å². The zero-order valence-corrected chi connectivity index (χ0v) is 22.2. The second kappa shape index (κ2) is 7.11. The Morgan fingerprint density at radius 1 is 0.909 bits per heavy atom. The van der Waals surface area contributed by atoms with Crippen molar-refractivity contribution in [1.29, 1.82) is 0 Å². The van der Waals surface area contributed by atoms with Crippen LogP contribution < -0.4 is 0 Å². The Labute approximate surface area is 201 Å². The van der Waals surface area contributed by atoms with Gasteiger partial charge in [-0.25, -0.2) is 0 Å². The minimum atomic E-state index is -0.557. The van der Waals surface area contributed by atoms with Gasteiger partial charge in [-0.2, -0.15) is 0 Å². The second-order valence-corrected chi connectivity index (χ2v) is 14.5. The summed E-state index contributed by atoms with van der Waals surface area (Å²) in [5.74, 6) is 1.82. The molecule has 186 valence electrons. The maximum Gasteiger partial charge on any atom is 0.310 e. The van der Waals surface area contributed by atoms with Crippen LogP contribution in [0.2, 0.25) is 0 Å². The third-order valence-corrected chi connectivity index (χ3v) is 13.4. The molecule has 33 heavy (non-hydrogen) atoms. The van der Waals surface area contributed by atoms with Gasteiger partial charge in [-0.15, -0.1) is 0 Å². The number of aliphatic hydroxyl groups excluding tert-OH is 1. The summed E-state index contributed by atoms with van der Waals surface area (Å²) in [6.07, 6.45) is 11.6. The van der Waals surface area contributed by atoms with Gasteiger partial charge in [0.1, 0.15) is 0 Å². The molecule has 0 aromatic heterocycles. The van der Waals surface area contributed by atoms with Crippen LogP contribution in [0.4, 0.5) is 0 Å². The maximum atomic E-state index is 12.8. The van der Waals surface area contributed by atoms with Gasteiger partial charge in [-0.3, -0.25) is 4.79 Å². The van der Waals surface area contributed by atoms with Crippen LogP contribution in [0.25, 0.3) is 0 Å². The first-order chi connectivity index (χ1) is 15.3. The number of carboxylic acid groups (broad SMARTS) is 1. The standard InChI is InChI=1S/C30H48O3/c1-18-10-15-30(25(32)33)17-16-28(6)20(24(30)19(18)2)8-9-22-27(5)13-12-23(31)26(3,4)21(27)11-14-29(22,28)7/h8,18-19,21-24,31H,9-17H2,1-7H3,(H,32,33)/t18-,19-,21+,22+,23+,24+,27+,28-,29+,30-/m1/s1. The molecule has 0 aliphatic heterocycles. The predicted octanol–water partition coefficient (Wildman–Crippen LogP) is 7.09. The molecule has 0 heterocycles. The van der Waals surface area contributed by atoms with Crippen LogP contribution in [0.3, 0.4) is 0 Å². The fourth-order valence-corrected chi connectivity index (χ4v) is 10.8. The van der Waals surface area contributed by atoms with Crippen molar-refractivity contribution in [2.24, 2.45) is 56.7 Å². The van der Waals surface area contributed by atoms with Gasteiger partial charge in [0.15, 0.2) is 0 Å². The smallest absolute Gasteiger partial charge is 0.310 e. The predicted molar refractivity (Wildman–Crippen MR) is 133 cm³/mol. The van der Waals surface area contributed by atoms with Crippen LogP contribution >= 0.6 is 0 Å². The van der Waals surface area contributed by atoms with E-state index in [2.05, 4.69) is 54.5 Å². The van der Waals surface area contributed by atoms with Gasteiger partial charge in [0.05, 0.1) is 11.5 Å². The molecule has 0 unspecified atom stereocenters. The van der Waals surface area contributed by atoms with E-state index in [1.165, 1.54) is 18.4 Å². The lowest BCUT2D eigenvalue weighted by atomic mass is 9.33. The lowest BCUT2D eigenvalue weighted by Gasteiger charge is -2.71. The number of rotatable bonds is 1. The first-order valence-corrected chi connectivity index (χ1v) is 13.9. The van der Waals surface area contributed by atoms with Crippen molar-refractivity contribution in [3.63, 3.8) is 0 Å². The number of allylic oxidation sites excluding steroid dienone is 2. The lowest BCUT2D eigenvalue weighted by Crippen LogP contribution is -2.65. The van der Waals surface area contributed by atoms with Crippen molar-refractivity contribution in [1.82, 2.24) is 0 Å². The molecule has 0 amide bonds. The van der Waals surface area contributed by atoms with Crippen LogP contribution in [-0.2, 0) is 4.79 Å². The van der Waals surface area contributed by atoms with E-state index in [1.807, 2.05) is 0 Å². The van der Waals surface area contributed by atoms with Crippen molar-refractivity contribution in [2.45, 2.75) is 112 Å². The van der Waals surface area contributed by atoms with Gasteiger partial charge < -0.3 is 10.2 Å². The summed E-state index contributed by atoms with van der Waals surface area (Å²) in [6, 6.07) is 0. The number of hydrogen-bond donors (Lipinski definition) is 2. The van der Waals surface area contributed by atoms with E-state index in [0.717, 1.165) is 44.9 Å². The van der Waals surface area contributed by atoms with E-state index in [-0.39, 0.29) is 33.7 Å². The fraction of sp³-hybridized carbons (Fsp3) is 0.900. The van der Waals surface area contributed by atoms with E-state index in [4.69, 9.17) is 0 Å². The lowest BCUT2D eigenvalue weighted by molar-refractivity contribution is -0.206. The summed E-state index contributed by atoms with van der Waals surface area (Å²) in [7, 11) is 0. The average molecular weight is 457 g/mol. The second-order valence-electron chi connectivity index (χ2n) is 14.5. The quantitative estimate of drug-likeness (QED) is 0.414. The van der Waals surface area contributed by atoms with Crippen LogP contribution in [-0.4, -0.2) is 22.3 Å². The average Bonchev–Trinajstić information content (AvgIpc) is 2.74. The van der Waals surface area contributed by atoms with Crippen LogP contribution in [0, 0.1) is 56.7 Å². The molecule has 0 radical (unpaired) electrons. The third-order valence-electron chi connectivity index (χ3n) is 13.4. The molecule has 0 aromatic carbocycles. The monoisotopic (exact) mass is 456 g/mol. The molecule has 0 saturated heterocycles. The SMILES string of the molecule is C[C@@H]1[C@H](C)CC[C@@]2(C(=O)O)CC[C@]3(C)C(=CC[C@H]4[C@@]5(C)CC[C@H](O)C(C)(C)[C@@H]5CC[C@@]43C)[C@H]12. The normalized spacial score (nSPS) is 55.3. The zero-order chi connectivity index (χ0) is 24.2. The molecule has 2 N–H and O–H groups in total. The largest absolute Gasteiger partial charge is 0.481 e. The van der Waals surface area contributed by atoms with E-state index >= 15 is 0 Å². The molecule has 10 atom stereocenters. The molecule has 0 aromatic rings. The molecule has 3 nitrogen and oxygen atoms in total. The van der Waals surface area contributed by atoms with Crippen molar-refractivity contribution >= 4 is 5.97 Å². The zero-order valence-electron chi connectivity index (χ0n) is 22.2. The summed E-state index contributed by atoms with van der Waals surface area (Å²) < 4.78 is 0. The molecule has 3 heteroatoms. The third kappa shape index (κ3) is 2.75. The molecule has 5 aliphatic carbocycles. The minimum absolute atomic E-state index is 0.0302. The van der Waals surface area contributed by atoms with E-state index in [9.17, 15) is 15.0 Å². The molecular formula is C30H48O3. The Kier molecular flexibility index (Phi) is 5.15. The highest BCUT2D eigenvalue weighted by molar-refractivity contribution is 5.76. The molecular weight excluding hydrogens is 408 g/mol. The van der Waals surface area contributed by atoms with Crippen molar-refractivity contribution < 1.29 is 15.0 Å². The maximum absolute atomic E-state index is 12.8. The molecule has 4 fully saturated rings. The summed E-state index contributed by atoms with van der Waals surface area (Å²) in [4.78, 5) is 12.8. The Morgan fingerprint density at radius 2 is 1.61 bits per heavy atom. The Bertz CT molecular complexity index is 874. The highest BCUT2D eigenvalue weighted by atomic mass is 16.4. The molecule has 5 aliphatic rings. The highest BCUT2D eigenvalue weighted by Gasteiger charge is 2.69. The van der Waals surface area contributed by atoms with Crippen molar-refractivity contribution in [3.05, 3.63) is 11.6 Å². The Morgan fingerprint density at radius 3 is 2.27 bits per heavy atom. The van der Waals surface area contributed by atoms with Gasteiger partial charge in [-0.1, -0.05) is 60.1 Å². The first kappa shape index (κ1) is 23.9. The summed E-state index contributed by atoms with van der Waals surface area (Å²) in [6.45, 7) is 17.0. The van der Waals surface area contributed by atoms with Crippen LogP contribution in [0.5, 0.6) is 0 Å². The summed E-state index contributed by atoms with van der Waals surface area (Å²) in [5.41, 5.74) is 1.46. The van der Waals surface area contributed by atoms with Gasteiger partial charge >= 0.3 is 5.97 Å². The van der Waals surface area contributed by atoms with E-state index < -0.39 is 11.4 Å².